The van der Waals surface area contributed by atoms with Crippen LogP contribution in [0, 0.1) is 20.8 Å². The predicted octanol–water partition coefficient (Wildman–Crippen LogP) is 2.98. The summed E-state index contributed by atoms with van der Waals surface area (Å²) in [6.07, 6.45) is 0. The van der Waals surface area contributed by atoms with Crippen LogP contribution >= 0.6 is 0 Å². The molecule has 1 N–H and O–H groups in total. The Morgan fingerprint density at radius 2 is 2.00 bits per heavy atom. The molecular weight excluding hydrogens is 304 g/mol. The third kappa shape index (κ3) is 2.34. The molecule has 3 heterocycles. The van der Waals surface area contributed by atoms with Gasteiger partial charge >= 0.3 is 0 Å². The van der Waals surface area contributed by atoms with Gasteiger partial charge in [0.1, 0.15) is 5.58 Å². The van der Waals surface area contributed by atoms with Crippen LogP contribution in [0.25, 0.3) is 22.6 Å². The van der Waals surface area contributed by atoms with E-state index in [9.17, 15) is 0 Å². The zero-order chi connectivity index (χ0) is 16.8. The van der Waals surface area contributed by atoms with Crippen molar-refractivity contribution >= 4 is 11.0 Å². The van der Waals surface area contributed by atoms with Crippen LogP contribution in [0.1, 0.15) is 28.6 Å². The third-order valence-corrected chi connectivity index (χ3v) is 4.93. The minimum Gasteiger partial charge on any atom is -0.450 e. The monoisotopic (exact) mass is 326 g/mol. The molecule has 0 spiro atoms. The fourth-order valence-corrected chi connectivity index (χ4v) is 3.44. The molecule has 0 bridgehead atoms. The fraction of sp³-hybridized carbons (Fsp3) is 0.444. The summed E-state index contributed by atoms with van der Waals surface area (Å²) in [6, 6.07) is 4.32. The number of hydrogen-bond acceptors (Lipinski definition) is 6. The van der Waals surface area contributed by atoms with Crippen molar-refractivity contribution in [3.63, 3.8) is 0 Å². The second-order valence-corrected chi connectivity index (χ2v) is 6.62. The van der Waals surface area contributed by atoms with Gasteiger partial charge in [0.25, 0.3) is 5.89 Å². The fourth-order valence-electron chi connectivity index (χ4n) is 3.44. The molecule has 0 amide bonds. The molecule has 1 saturated heterocycles. The van der Waals surface area contributed by atoms with Gasteiger partial charge in [0.2, 0.25) is 0 Å². The van der Waals surface area contributed by atoms with Crippen molar-refractivity contribution in [3.8, 4) is 11.7 Å². The van der Waals surface area contributed by atoms with Crippen molar-refractivity contribution in [2.45, 2.75) is 26.8 Å². The van der Waals surface area contributed by atoms with E-state index in [1.54, 1.807) is 0 Å². The summed E-state index contributed by atoms with van der Waals surface area (Å²) in [5.41, 5.74) is 4.26. The highest BCUT2D eigenvalue weighted by Gasteiger charge is 2.27. The van der Waals surface area contributed by atoms with Gasteiger partial charge in [-0.3, -0.25) is 4.90 Å². The molecule has 6 nitrogen and oxygen atoms in total. The Balaban J connectivity index is 1.77. The van der Waals surface area contributed by atoms with Crippen LogP contribution in [-0.4, -0.2) is 41.7 Å². The second kappa shape index (κ2) is 5.72. The van der Waals surface area contributed by atoms with Gasteiger partial charge in [0, 0.05) is 30.6 Å². The Hall–Kier alpha value is -2.18. The number of rotatable bonds is 2. The van der Waals surface area contributed by atoms with Gasteiger partial charge in [-0.25, -0.2) is 0 Å². The summed E-state index contributed by atoms with van der Waals surface area (Å²) >= 11 is 0. The van der Waals surface area contributed by atoms with Gasteiger partial charge in [-0.15, -0.1) is 0 Å². The van der Waals surface area contributed by atoms with Crippen LogP contribution in [0.4, 0.5) is 0 Å². The van der Waals surface area contributed by atoms with E-state index in [2.05, 4.69) is 53.4 Å². The van der Waals surface area contributed by atoms with Crippen molar-refractivity contribution in [1.82, 2.24) is 20.4 Å². The maximum Gasteiger partial charge on any atom is 0.294 e. The van der Waals surface area contributed by atoms with E-state index in [0.717, 1.165) is 41.7 Å². The van der Waals surface area contributed by atoms with Crippen molar-refractivity contribution in [1.29, 1.82) is 0 Å². The first-order valence-electron chi connectivity index (χ1n) is 8.30. The average Bonchev–Trinajstić information content (AvgIpc) is 3.17. The SMILES string of the molecule is Cc1ccc(C)c2c(C)c(-c3nc(C4CNCCN4C)no3)oc12. The van der Waals surface area contributed by atoms with E-state index in [0.29, 0.717) is 17.5 Å². The maximum atomic E-state index is 6.10. The van der Waals surface area contributed by atoms with Gasteiger partial charge in [0.15, 0.2) is 11.6 Å². The van der Waals surface area contributed by atoms with E-state index in [-0.39, 0.29) is 6.04 Å². The molecular formula is C18H22N4O2. The molecule has 3 aromatic rings. The lowest BCUT2D eigenvalue weighted by Gasteiger charge is -2.30. The van der Waals surface area contributed by atoms with E-state index < -0.39 is 0 Å². The molecule has 1 aliphatic heterocycles. The molecule has 0 saturated carbocycles. The summed E-state index contributed by atoms with van der Waals surface area (Å²) < 4.78 is 11.6. The van der Waals surface area contributed by atoms with Gasteiger partial charge in [-0.2, -0.15) is 4.98 Å². The highest BCUT2D eigenvalue weighted by atomic mass is 16.5. The molecule has 1 aromatic carbocycles. The number of piperazine rings is 1. The molecule has 0 aliphatic carbocycles. The first kappa shape index (κ1) is 15.4. The molecule has 0 radical (unpaired) electrons. The van der Waals surface area contributed by atoms with Crippen molar-refractivity contribution < 1.29 is 8.94 Å². The summed E-state index contributed by atoms with van der Waals surface area (Å²) in [4.78, 5) is 6.86. The highest BCUT2D eigenvalue weighted by Crippen LogP contribution is 2.36. The summed E-state index contributed by atoms with van der Waals surface area (Å²) in [5, 5.41) is 8.71. The normalized spacial score (nSPS) is 19.2. The predicted molar refractivity (Wildman–Crippen MR) is 92.0 cm³/mol. The Labute approximate surface area is 140 Å². The summed E-state index contributed by atoms with van der Waals surface area (Å²) in [5.74, 6) is 1.83. The highest BCUT2D eigenvalue weighted by molar-refractivity contribution is 5.91. The number of hydrogen-bond donors (Lipinski definition) is 1. The Kier molecular flexibility index (Phi) is 3.66. The number of nitrogens with one attached hydrogen (secondary N) is 1. The first-order valence-corrected chi connectivity index (χ1v) is 8.30. The zero-order valence-electron chi connectivity index (χ0n) is 14.5. The molecule has 126 valence electrons. The number of aryl methyl sites for hydroxylation is 3. The van der Waals surface area contributed by atoms with E-state index in [1.807, 2.05) is 6.92 Å². The minimum atomic E-state index is 0.129. The number of furan rings is 1. The molecule has 24 heavy (non-hydrogen) atoms. The molecule has 1 unspecified atom stereocenters. The first-order chi connectivity index (χ1) is 11.6. The molecule has 1 fully saturated rings. The minimum absolute atomic E-state index is 0.129. The molecule has 1 aliphatic rings. The lowest BCUT2D eigenvalue weighted by atomic mass is 10.0. The van der Waals surface area contributed by atoms with Crippen molar-refractivity contribution in [3.05, 3.63) is 34.6 Å². The zero-order valence-corrected chi connectivity index (χ0v) is 14.5. The smallest absolute Gasteiger partial charge is 0.294 e. The topological polar surface area (TPSA) is 67.3 Å². The standard InChI is InChI=1S/C18H22N4O2/c1-10-5-6-11(2)15-14(10)12(3)16(23-15)18-20-17(21-24-18)13-9-19-7-8-22(13)4/h5-6,13,19H,7-9H2,1-4H3. The van der Waals surface area contributed by atoms with Crippen LogP contribution in [0.5, 0.6) is 0 Å². The third-order valence-electron chi connectivity index (χ3n) is 4.93. The van der Waals surface area contributed by atoms with Crippen LogP contribution in [0.3, 0.4) is 0 Å². The molecule has 6 heteroatoms. The van der Waals surface area contributed by atoms with Crippen LogP contribution in [0.2, 0.25) is 0 Å². The maximum absolute atomic E-state index is 6.10. The van der Waals surface area contributed by atoms with Crippen LogP contribution < -0.4 is 5.32 Å². The van der Waals surface area contributed by atoms with Gasteiger partial charge in [-0.05, 0) is 38.9 Å². The summed E-state index contributed by atoms with van der Waals surface area (Å²) in [7, 11) is 2.08. The lowest BCUT2D eigenvalue weighted by Crippen LogP contribution is -2.44. The van der Waals surface area contributed by atoms with Gasteiger partial charge in [-0.1, -0.05) is 17.3 Å². The molecule has 4 rings (SSSR count). The summed E-state index contributed by atoms with van der Waals surface area (Å²) in [6.45, 7) is 8.97. The Morgan fingerprint density at radius 1 is 1.21 bits per heavy atom. The van der Waals surface area contributed by atoms with Crippen LogP contribution in [-0.2, 0) is 0 Å². The largest absolute Gasteiger partial charge is 0.450 e. The van der Waals surface area contributed by atoms with Gasteiger partial charge < -0.3 is 14.3 Å². The van der Waals surface area contributed by atoms with Crippen molar-refractivity contribution in [2.24, 2.45) is 0 Å². The lowest BCUT2D eigenvalue weighted by molar-refractivity contribution is 0.190. The number of fused-ring (bicyclic) bond motifs is 1. The molecule has 2 aromatic heterocycles. The quantitative estimate of drug-likeness (QED) is 0.781. The molecule has 1 atom stereocenters. The van der Waals surface area contributed by atoms with E-state index >= 15 is 0 Å². The van der Waals surface area contributed by atoms with Crippen LogP contribution in [0.15, 0.2) is 21.1 Å². The van der Waals surface area contributed by atoms with E-state index in [4.69, 9.17) is 8.94 Å². The number of likely N-dealkylation sites (N-methyl/N-ethyl adjacent to an activating group) is 1. The van der Waals surface area contributed by atoms with Gasteiger partial charge in [0.05, 0.1) is 6.04 Å². The average molecular weight is 326 g/mol. The Morgan fingerprint density at radius 3 is 2.75 bits per heavy atom. The van der Waals surface area contributed by atoms with Crippen molar-refractivity contribution in [2.75, 3.05) is 26.7 Å². The second-order valence-electron chi connectivity index (χ2n) is 6.62. The number of nitrogens with zero attached hydrogens (tertiary/aromatic N) is 3. The number of benzene rings is 1. The van der Waals surface area contributed by atoms with E-state index in [1.165, 1.54) is 5.56 Å². The Bertz CT molecular complexity index is 896. The number of aromatic nitrogens is 2.